The lowest BCUT2D eigenvalue weighted by Gasteiger charge is -2.26. The van der Waals surface area contributed by atoms with Gasteiger partial charge in [0.1, 0.15) is 0 Å². The number of carbonyl (C=O) groups excluding carboxylic acids is 1. The lowest BCUT2D eigenvalue weighted by Crippen LogP contribution is -2.33. The molecule has 2 aliphatic rings. The van der Waals surface area contributed by atoms with Crippen molar-refractivity contribution in [3.8, 4) is 0 Å². The number of methoxy groups -OCH3 is 1. The Bertz CT molecular complexity index is 244. The maximum atomic E-state index is 11.8. The van der Waals surface area contributed by atoms with Crippen LogP contribution < -0.4 is 0 Å². The minimum Gasteiger partial charge on any atom is -0.382 e. The molecule has 2 bridgehead atoms. The van der Waals surface area contributed by atoms with Crippen molar-refractivity contribution in [3.05, 3.63) is 0 Å². The van der Waals surface area contributed by atoms with Crippen molar-refractivity contribution >= 4 is 21.7 Å². The number of rotatable bonds is 4. The van der Waals surface area contributed by atoms with Gasteiger partial charge in [0.05, 0.1) is 29.6 Å². The molecule has 0 amide bonds. The first-order valence-corrected chi connectivity index (χ1v) is 6.01. The van der Waals surface area contributed by atoms with Gasteiger partial charge in [0, 0.05) is 7.11 Å². The fourth-order valence-corrected chi connectivity index (χ4v) is 3.28. The molecule has 1 heterocycles. The number of ketones is 1. The van der Waals surface area contributed by atoms with Gasteiger partial charge in [-0.3, -0.25) is 4.79 Å². The first kappa shape index (κ1) is 10.6. The number of carbonyl (C=O) groups is 1. The molecule has 0 N–H and O–H groups in total. The highest BCUT2D eigenvalue weighted by Crippen LogP contribution is 2.53. The van der Waals surface area contributed by atoms with E-state index < -0.39 is 0 Å². The van der Waals surface area contributed by atoms with Crippen molar-refractivity contribution in [2.24, 2.45) is 5.41 Å². The molecule has 2 rings (SSSR count). The van der Waals surface area contributed by atoms with E-state index in [9.17, 15) is 4.79 Å². The number of hydrogen-bond acceptors (Lipinski definition) is 3. The number of ether oxygens (including phenoxy) is 2. The topological polar surface area (TPSA) is 35.5 Å². The van der Waals surface area contributed by atoms with Crippen LogP contribution in [0, 0.1) is 5.41 Å². The number of alkyl halides is 1. The van der Waals surface area contributed by atoms with Crippen LogP contribution in [-0.4, -0.2) is 37.0 Å². The Kier molecular flexibility index (Phi) is 2.70. The van der Waals surface area contributed by atoms with E-state index in [2.05, 4.69) is 15.9 Å². The van der Waals surface area contributed by atoms with Crippen LogP contribution in [0.15, 0.2) is 0 Å². The standard InChI is InChI=1S/C10H15BrO3/c1-13-7-10-3-2-9(5-10,6-14-10)8(12)4-11/h2-7H2,1H3. The summed E-state index contributed by atoms with van der Waals surface area (Å²) in [5.74, 6) is 0.285. The second kappa shape index (κ2) is 3.58. The van der Waals surface area contributed by atoms with E-state index in [1.54, 1.807) is 7.11 Å². The summed E-state index contributed by atoms with van der Waals surface area (Å²) in [5.41, 5.74) is -0.366. The van der Waals surface area contributed by atoms with Gasteiger partial charge in [0.15, 0.2) is 5.78 Å². The van der Waals surface area contributed by atoms with Gasteiger partial charge < -0.3 is 9.47 Å². The third kappa shape index (κ3) is 1.44. The van der Waals surface area contributed by atoms with Crippen LogP contribution in [0.3, 0.4) is 0 Å². The van der Waals surface area contributed by atoms with Gasteiger partial charge in [-0.2, -0.15) is 0 Å². The predicted octanol–water partition coefficient (Wildman–Crippen LogP) is 1.54. The molecule has 1 aliphatic carbocycles. The van der Waals surface area contributed by atoms with E-state index in [0.29, 0.717) is 18.5 Å². The van der Waals surface area contributed by atoms with E-state index in [1.165, 1.54) is 0 Å². The Labute approximate surface area is 92.3 Å². The summed E-state index contributed by atoms with van der Waals surface area (Å²) in [5, 5.41) is 0.444. The molecule has 2 atom stereocenters. The summed E-state index contributed by atoms with van der Waals surface area (Å²) in [6, 6.07) is 0. The third-order valence-electron chi connectivity index (χ3n) is 3.49. The van der Waals surface area contributed by atoms with Crippen LogP contribution in [-0.2, 0) is 14.3 Å². The highest BCUT2D eigenvalue weighted by molar-refractivity contribution is 9.09. The van der Waals surface area contributed by atoms with Gasteiger partial charge >= 0.3 is 0 Å². The molecule has 0 aromatic rings. The molecular formula is C10H15BrO3. The first-order chi connectivity index (χ1) is 6.66. The minimum absolute atomic E-state index is 0.160. The number of halogens is 1. The fourth-order valence-electron chi connectivity index (χ4n) is 2.69. The van der Waals surface area contributed by atoms with Crippen LogP contribution >= 0.6 is 15.9 Å². The zero-order valence-electron chi connectivity index (χ0n) is 8.35. The lowest BCUT2D eigenvalue weighted by molar-refractivity contribution is -0.128. The molecule has 3 nitrogen and oxygen atoms in total. The molecule has 2 fully saturated rings. The highest BCUT2D eigenvalue weighted by Gasteiger charge is 2.58. The van der Waals surface area contributed by atoms with Gasteiger partial charge in [-0.25, -0.2) is 0 Å². The minimum atomic E-state index is -0.206. The number of Topliss-reactive ketones (excluding diaryl/α,β-unsaturated/α-hetero) is 1. The summed E-state index contributed by atoms with van der Waals surface area (Å²) in [6.45, 7) is 1.20. The first-order valence-electron chi connectivity index (χ1n) is 4.89. The molecule has 0 spiro atoms. The van der Waals surface area contributed by atoms with E-state index >= 15 is 0 Å². The fraction of sp³-hybridized carbons (Fsp3) is 0.900. The SMILES string of the molecule is COCC12CCC(C(=O)CBr)(CO1)C2. The summed E-state index contributed by atoms with van der Waals surface area (Å²) in [7, 11) is 1.68. The molecule has 80 valence electrons. The van der Waals surface area contributed by atoms with Gasteiger partial charge in [-0.15, -0.1) is 0 Å². The van der Waals surface area contributed by atoms with Crippen LogP contribution in [0.25, 0.3) is 0 Å². The smallest absolute Gasteiger partial charge is 0.151 e. The summed E-state index contributed by atoms with van der Waals surface area (Å²) < 4.78 is 10.9. The molecular weight excluding hydrogens is 248 g/mol. The van der Waals surface area contributed by atoms with Crippen molar-refractivity contribution in [3.63, 3.8) is 0 Å². The largest absolute Gasteiger partial charge is 0.382 e. The zero-order valence-corrected chi connectivity index (χ0v) is 9.93. The Morgan fingerprint density at radius 1 is 1.57 bits per heavy atom. The average molecular weight is 263 g/mol. The van der Waals surface area contributed by atoms with Crippen molar-refractivity contribution in [2.75, 3.05) is 25.7 Å². The molecule has 4 heteroatoms. The van der Waals surface area contributed by atoms with Gasteiger partial charge in [0.2, 0.25) is 0 Å². The van der Waals surface area contributed by atoms with E-state index in [4.69, 9.17) is 9.47 Å². The van der Waals surface area contributed by atoms with Gasteiger partial charge in [-0.1, -0.05) is 15.9 Å². The third-order valence-corrected chi connectivity index (χ3v) is 4.00. The second-order valence-corrected chi connectivity index (χ2v) is 4.98. The second-order valence-electron chi connectivity index (χ2n) is 4.42. The highest BCUT2D eigenvalue weighted by atomic mass is 79.9. The van der Waals surface area contributed by atoms with Crippen molar-refractivity contribution in [1.29, 1.82) is 0 Å². The van der Waals surface area contributed by atoms with Crippen molar-refractivity contribution in [1.82, 2.24) is 0 Å². The Morgan fingerprint density at radius 3 is 2.86 bits per heavy atom. The Hall–Kier alpha value is 0.0700. The van der Waals surface area contributed by atoms with Crippen LogP contribution in [0.4, 0.5) is 0 Å². The zero-order chi connectivity index (χ0) is 10.2. The molecule has 1 saturated carbocycles. The molecule has 0 aromatic heterocycles. The van der Waals surface area contributed by atoms with E-state index in [-0.39, 0.29) is 16.8 Å². The van der Waals surface area contributed by atoms with E-state index in [1.807, 2.05) is 0 Å². The van der Waals surface area contributed by atoms with Gasteiger partial charge in [0.25, 0.3) is 0 Å². The monoisotopic (exact) mass is 262 g/mol. The molecule has 1 aliphatic heterocycles. The maximum absolute atomic E-state index is 11.8. The van der Waals surface area contributed by atoms with Crippen LogP contribution in [0.1, 0.15) is 19.3 Å². The van der Waals surface area contributed by atoms with Crippen LogP contribution in [0.5, 0.6) is 0 Å². The summed E-state index contributed by atoms with van der Waals surface area (Å²) in [4.78, 5) is 11.8. The predicted molar refractivity (Wildman–Crippen MR) is 55.6 cm³/mol. The Balaban J connectivity index is 2.12. The molecule has 2 unspecified atom stereocenters. The molecule has 1 saturated heterocycles. The summed E-state index contributed by atoms with van der Waals surface area (Å²) >= 11 is 3.24. The van der Waals surface area contributed by atoms with E-state index in [0.717, 1.165) is 19.3 Å². The van der Waals surface area contributed by atoms with Gasteiger partial charge in [-0.05, 0) is 19.3 Å². The number of hydrogen-bond donors (Lipinski definition) is 0. The summed E-state index contributed by atoms with van der Waals surface area (Å²) in [6.07, 6.45) is 2.76. The normalized spacial score (nSPS) is 40.4. The molecule has 0 radical (unpaired) electrons. The molecule has 14 heavy (non-hydrogen) atoms. The average Bonchev–Trinajstić information content (AvgIpc) is 2.74. The number of fused-ring (bicyclic) bond motifs is 2. The molecule has 0 aromatic carbocycles. The van der Waals surface area contributed by atoms with Crippen molar-refractivity contribution in [2.45, 2.75) is 24.9 Å². The maximum Gasteiger partial charge on any atom is 0.151 e. The Morgan fingerprint density at radius 2 is 2.36 bits per heavy atom. The van der Waals surface area contributed by atoms with Crippen LogP contribution in [0.2, 0.25) is 0 Å². The quantitative estimate of drug-likeness (QED) is 0.722. The lowest BCUT2D eigenvalue weighted by atomic mass is 9.84. The van der Waals surface area contributed by atoms with Crippen molar-refractivity contribution < 1.29 is 14.3 Å².